The minimum Gasteiger partial charge on any atom is -0.290 e. The number of aromatic nitrogens is 1. The second-order valence-electron chi connectivity index (χ2n) is 5.48. The number of anilines is 1. The number of benzene rings is 2. The van der Waals surface area contributed by atoms with Crippen molar-refractivity contribution in [2.24, 2.45) is 5.84 Å². The van der Waals surface area contributed by atoms with Crippen LogP contribution in [0.2, 0.25) is 0 Å². The van der Waals surface area contributed by atoms with Gasteiger partial charge in [-0.3, -0.25) is 19.5 Å². The lowest BCUT2D eigenvalue weighted by Crippen LogP contribution is -2.30. The average molecular weight is 366 g/mol. The normalized spacial score (nSPS) is 11.6. The molecular weight excluding hydrogens is 348 g/mol. The van der Waals surface area contributed by atoms with Crippen LogP contribution in [0.5, 0.6) is 0 Å². The molecule has 0 aliphatic rings. The van der Waals surface area contributed by atoms with E-state index < -0.39 is 11.0 Å². The Hall–Kier alpha value is -3.03. The van der Waals surface area contributed by atoms with Crippen LogP contribution < -0.4 is 15.6 Å². The van der Waals surface area contributed by atoms with Gasteiger partial charge in [-0.1, -0.05) is 30.3 Å². The zero-order chi connectivity index (χ0) is 18.4. The summed E-state index contributed by atoms with van der Waals surface area (Å²) in [6, 6.07) is 20.1. The predicted octanol–water partition coefficient (Wildman–Crippen LogP) is 2.41. The van der Waals surface area contributed by atoms with Crippen LogP contribution >= 0.6 is 0 Å². The molecule has 2 aromatic carbocycles. The molecule has 0 radical (unpaired) electrons. The minimum absolute atomic E-state index is 0.351. The van der Waals surface area contributed by atoms with Gasteiger partial charge in [0, 0.05) is 23.6 Å². The SMILES string of the molecule is NNC(=O)c1ccc(CN(c2ccccc2)S(=O)c2cccnc2)cc1. The summed E-state index contributed by atoms with van der Waals surface area (Å²) in [7, 11) is -1.42. The molecule has 1 aromatic heterocycles. The highest BCUT2D eigenvalue weighted by atomic mass is 32.2. The summed E-state index contributed by atoms with van der Waals surface area (Å²) in [4.78, 5) is 16.2. The molecule has 6 nitrogen and oxygen atoms in total. The Morgan fingerprint density at radius 3 is 2.38 bits per heavy atom. The van der Waals surface area contributed by atoms with E-state index in [-0.39, 0.29) is 5.91 Å². The molecule has 0 fully saturated rings. The van der Waals surface area contributed by atoms with Gasteiger partial charge in [0.05, 0.1) is 11.4 Å². The number of rotatable bonds is 6. The van der Waals surface area contributed by atoms with Gasteiger partial charge in [-0.15, -0.1) is 0 Å². The highest BCUT2D eigenvalue weighted by Gasteiger charge is 2.17. The van der Waals surface area contributed by atoms with Crippen molar-refractivity contribution in [3.05, 3.63) is 90.3 Å². The van der Waals surface area contributed by atoms with Crippen LogP contribution in [-0.4, -0.2) is 15.1 Å². The standard InChI is InChI=1S/C19H18N4O2S/c20-22-19(24)16-10-8-15(9-11-16)14-23(17-5-2-1-3-6-17)26(25)18-7-4-12-21-13-18/h1-13H,14,20H2,(H,22,24). The number of hydrogen-bond acceptors (Lipinski definition) is 4. The summed E-state index contributed by atoms with van der Waals surface area (Å²) in [6.45, 7) is 0.413. The number of hydrazine groups is 1. The first-order valence-corrected chi connectivity index (χ1v) is 9.04. The summed E-state index contributed by atoms with van der Waals surface area (Å²) < 4.78 is 14.9. The van der Waals surface area contributed by atoms with Gasteiger partial charge in [0.25, 0.3) is 5.91 Å². The number of amides is 1. The number of para-hydroxylation sites is 1. The molecule has 0 aliphatic carbocycles. The van der Waals surface area contributed by atoms with Crippen LogP contribution in [0.25, 0.3) is 0 Å². The van der Waals surface area contributed by atoms with Gasteiger partial charge < -0.3 is 0 Å². The Balaban J connectivity index is 1.89. The van der Waals surface area contributed by atoms with Crippen molar-refractivity contribution in [2.75, 3.05) is 4.31 Å². The van der Waals surface area contributed by atoms with E-state index in [9.17, 15) is 9.00 Å². The lowest BCUT2D eigenvalue weighted by atomic mass is 10.1. The molecule has 0 bridgehead atoms. The van der Waals surface area contributed by atoms with Crippen LogP contribution in [0.4, 0.5) is 5.69 Å². The highest BCUT2D eigenvalue weighted by Crippen LogP contribution is 2.22. The van der Waals surface area contributed by atoms with E-state index in [4.69, 9.17) is 5.84 Å². The molecule has 0 saturated heterocycles. The van der Waals surface area contributed by atoms with Gasteiger partial charge in [-0.05, 0) is 42.0 Å². The molecule has 1 atom stereocenters. The number of nitrogens with zero attached hydrogens (tertiary/aromatic N) is 2. The van der Waals surface area contributed by atoms with Gasteiger partial charge in [0.1, 0.15) is 0 Å². The van der Waals surface area contributed by atoms with Crippen molar-refractivity contribution in [3.63, 3.8) is 0 Å². The Morgan fingerprint density at radius 2 is 1.77 bits per heavy atom. The van der Waals surface area contributed by atoms with Gasteiger partial charge in [0.2, 0.25) is 0 Å². The maximum absolute atomic E-state index is 13.1. The largest absolute Gasteiger partial charge is 0.290 e. The maximum Gasteiger partial charge on any atom is 0.265 e. The number of pyridine rings is 1. The summed E-state index contributed by atoms with van der Waals surface area (Å²) in [5.74, 6) is 4.80. The smallest absolute Gasteiger partial charge is 0.265 e. The zero-order valence-electron chi connectivity index (χ0n) is 13.9. The van der Waals surface area contributed by atoms with E-state index in [1.54, 1.807) is 41.0 Å². The molecule has 0 spiro atoms. The van der Waals surface area contributed by atoms with Gasteiger partial charge >= 0.3 is 0 Å². The number of nitrogen functional groups attached to an aromatic ring is 1. The fourth-order valence-electron chi connectivity index (χ4n) is 2.43. The maximum atomic E-state index is 13.1. The van der Waals surface area contributed by atoms with Crippen molar-refractivity contribution >= 4 is 22.6 Å². The minimum atomic E-state index is -1.42. The van der Waals surface area contributed by atoms with E-state index >= 15 is 0 Å². The van der Waals surface area contributed by atoms with Crippen molar-refractivity contribution in [1.82, 2.24) is 10.4 Å². The lowest BCUT2D eigenvalue weighted by Gasteiger charge is -2.23. The third-order valence-corrected chi connectivity index (χ3v) is 5.14. The number of hydrogen-bond donors (Lipinski definition) is 2. The Kier molecular flexibility index (Phi) is 5.73. The molecule has 3 N–H and O–H groups in total. The van der Waals surface area contributed by atoms with Crippen LogP contribution in [0, 0.1) is 0 Å². The van der Waals surface area contributed by atoms with Crippen LogP contribution in [0.15, 0.2) is 84.0 Å². The van der Waals surface area contributed by atoms with Crippen molar-refractivity contribution < 1.29 is 9.00 Å². The van der Waals surface area contributed by atoms with Crippen molar-refractivity contribution in [1.29, 1.82) is 0 Å². The van der Waals surface area contributed by atoms with E-state index in [2.05, 4.69) is 10.4 Å². The third kappa shape index (κ3) is 4.14. The van der Waals surface area contributed by atoms with E-state index in [0.29, 0.717) is 17.0 Å². The highest BCUT2D eigenvalue weighted by molar-refractivity contribution is 7.86. The lowest BCUT2D eigenvalue weighted by molar-refractivity contribution is 0.0953. The van der Waals surface area contributed by atoms with E-state index in [1.165, 1.54) is 0 Å². The number of nitrogens with one attached hydrogen (secondary N) is 1. The molecule has 3 aromatic rings. The van der Waals surface area contributed by atoms with Gasteiger partial charge in [-0.2, -0.15) is 0 Å². The molecule has 0 saturated carbocycles. The number of nitrogens with two attached hydrogens (primary N) is 1. The van der Waals surface area contributed by atoms with Gasteiger partial charge in [-0.25, -0.2) is 10.1 Å². The van der Waals surface area contributed by atoms with E-state index in [1.807, 2.05) is 42.5 Å². The van der Waals surface area contributed by atoms with Gasteiger partial charge in [0.15, 0.2) is 11.0 Å². The molecular formula is C19H18N4O2S. The molecule has 132 valence electrons. The second kappa shape index (κ2) is 8.37. The molecule has 1 heterocycles. The zero-order valence-corrected chi connectivity index (χ0v) is 14.7. The summed E-state index contributed by atoms with van der Waals surface area (Å²) in [5.41, 5.74) is 4.32. The van der Waals surface area contributed by atoms with Crippen LogP contribution in [-0.2, 0) is 17.5 Å². The Morgan fingerprint density at radius 1 is 1.04 bits per heavy atom. The molecule has 1 unspecified atom stereocenters. The summed E-state index contributed by atoms with van der Waals surface area (Å²) >= 11 is 0. The van der Waals surface area contributed by atoms with Crippen LogP contribution in [0.1, 0.15) is 15.9 Å². The third-order valence-electron chi connectivity index (χ3n) is 3.75. The van der Waals surface area contributed by atoms with Crippen molar-refractivity contribution in [2.45, 2.75) is 11.4 Å². The van der Waals surface area contributed by atoms with Crippen molar-refractivity contribution in [3.8, 4) is 0 Å². The average Bonchev–Trinajstić information content (AvgIpc) is 2.72. The molecule has 1 amide bonds. The summed E-state index contributed by atoms with van der Waals surface area (Å²) in [6.07, 6.45) is 3.25. The summed E-state index contributed by atoms with van der Waals surface area (Å²) in [5, 5.41) is 0. The first-order valence-electron chi connectivity index (χ1n) is 7.93. The topological polar surface area (TPSA) is 88.3 Å². The molecule has 3 rings (SSSR count). The first kappa shape index (κ1) is 17.8. The predicted molar refractivity (Wildman–Crippen MR) is 101 cm³/mol. The number of carbonyl (C=O) groups is 1. The first-order chi connectivity index (χ1) is 12.7. The molecule has 0 aliphatic heterocycles. The Labute approximate surface area is 154 Å². The van der Waals surface area contributed by atoms with E-state index in [0.717, 1.165) is 11.3 Å². The monoisotopic (exact) mass is 366 g/mol. The quantitative estimate of drug-likeness (QED) is 0.398. The Bertz CT molecular complexity index is 886. The fourth-order valence-corrected chi connectivity index (χ4v) is 3.61. The molecule has 26 heavy (non-hydrogen) atoms. The fraction of sp³-hybridized carbons (Fsp3) is 0.0526. The van der Waals surface area contributed by atoms with Crippen LogP contribution in [0.3, 0.4) is 0 Å². The second-order valence-corrected chi connectivity index (χ2v) is 6.89. The number of carbonyl (C=O) groups excluding carboxylic acids is 1. The molecule has 7 heteroatoms.